The summed E-state index contributed by atoms with van der Waals surface area (Å²) in [6.07, 6.45) is 6.65. The molecule has 1 aliphatic rings. The molecule has 0 spiro atoms. The summed E-state index contributed by atoms with van der Waals surface area (Å²) < 4.78 is 23.0. The molecule has 1 saturated carbocycles. The SMILES string of the molecule is Cc1ccc(C(=O)NC2CCCCCC2)cc1S(N)(=O)=O. The van der Waals surface area contributed by atoms with E-state index in [0.29, 0.717) is 11.1 Å². The minimum Gasteiger partial charge on any atom is -0.349 e. The van der Waals surface area contributed by atoms with Crippen LogP contribution in [0.25, 0.3) is 0 Å². The first-order valence-electron chi connectivity index (χ1n) is 7.32. The minimum absolute atomic E-state index is 0.0102. The maximum absolute atomic E-state index is 12.3. The minimum atomic E-state index is -3.81. The molecule has 0 bridgehead atoms. The highest BCUT2D eigenvalue weighted by Crippen LogP contribution is 2.19. The van der Waals surface area contributed by atoms with E-state index in [-0.39, 0.29) is 16.8 Å². The Morgan fingerprint density at radius 2 is 1.81 bits per heavy atom. The second-order valence-corrected chi connectivity index (χ2v) is 7.22. The summed E-state index contributed by atoms with van der Waals surface area (Å²) in [7, 11) is -3.81. The number of nitrogens with one attached hydrogen (secondary N) is 1. The number of rotatable bonds is 3. The maximum Gasteiger partial charge on any atom is 0.251 e. The lowest BCUT2D eigenvalue weighted by atomic mass is 10.1. The summed E-state index contributed by atoms with van der Waals surface area (Å²) in [5, 5.41) is 8.17. The smallest absolute Gasteiger partial charge is 0.251 e. The van der Waals surface area contributed by atoms with E-state index in [1.807, 2.05) is 0 Å². The number of carbonyl (C=O) groups excluding carboxylic acids is 1. The number of benzene rings is 1. The topological polar surface area (TPSA) is 89.3 Å². The van der Waals surface area contributed by atoms with Gasteiger partial charge in [0.25, 0.3) is 5.91 Å². The van der Waals surface area contributed by atoms with E-state index in [4.69, 9.17) is 5.14 Å². The van der Waals surface area contributed by atoms with Crippen LogP contribution in [0.2, 0.25) is 0 Å². The fraction of sp³-hybridized carbons (Fsp3) is 0.533. The van der Waals surface area contributed by atoms with Crippen LogP contribution >= 0.6 is 0 Å². The molecule has 0 unspecified atom stereocenters. The van der Waals surface area contributed by atoms with E-state index < -0.39 is 10.0 Å². The average molecular weight is 310 g/mol. The van der Waals surface area contributed by atoms with Gasteiger partial charge in [-0.15, -0.1) is 0 Å². The van der Waals surface area contributed by atoms with Gasteiger partial charge < -0.3 is 5.32 Å². The van der Waals surface area contributed by atoms with Crippen molar-refractivity contribution in [3.63, 3.8) is 0 Å². The van der Waals surface area contributed by atoms with Crippen molar-refractivity contribution in [1.82, 2.24) is 5.32 Å². The monoisotopic (exact) mass is 310 g/mol. The molecule has 1 fully saturated rings. The Morgan fingerprint density at radius 1 is 1.19 bits per heavy atom. The van der Waals surface area contributed by atoms with Crippen molar-refractivity contribution in [3.05, 3.63) is 29.3 Å². The molecule has 2 rings (SSSR count). The Hall–Kier alpha value is -1.40. The van der Waals surface area contributed by atoms with Crippen molar-refractivity contribution in [2.45, 2.75) is 56.4 Å². The fourth-order valence-corrected chi connectivity index (χ4v) is 3.55. The molecule has 0 atom stereocenters. The van der Waals surface area contributed by atoms with Crippen LogP contribution in [0.3, 0.4) is 0 Å². The third-order valence-corrected chi connectivity index (χ3v) is 5.00. The van der Waals surface area contributed by atoms with Crippen molar-refractivity contribution < 1.29 is 13.2 Å². The molecule has 1 aromatic rings. The highest BCUT2D eigenvalue weighted by atomic mass is 32.2. The summed E-state index contributed by atoms with van der Waals surface area (Å²) in [4.78, 5) is 12.3. The van der Waals surface area contributed by atoms with E-state index in [2.05, 4.69) is 5.32 Å². The summed E-state index contributed by atoms with van der Waals surface area (Å²) in [6.45, 7) is 1.66. The molecule has 0 heterocycles. The third kappa shape index (κ3) is 4.28. The van der Waals surface area contributed by atoms with Crippen molar-refractivity contribution in [2.24, 2.45) is 5.14 Å². The van der Waals surface area contributed by atoms with Gasteiger partial charge in [0.1, 0.15) is 0 Å². The second kappa shape index (κ2) is 6.58. The maximum atomic E-state index is 12.3. The van der Waals surface area contributed by atoms with Crippen molar-refractivity contribution in [1.29, 1.82) is 0 Å². The molecule has 1 aliphatic carbocycles. The van der Waals surface area contributed by atoms with E-state index in [0.717, 1.165) is 25.7 Å². The van der Waals surface area contributed by atoms with Crippen LogP contribution in [-0.4, -0.2) is 20.4 Å². The zero-order valence-electron chi connectivity index (χ0n) is 12.3. The molecule has 0 radical (unpaired) electrons. The van der Waals surface area contributed by atoms with E-state index >= 15 is 0 Å². The molecule has 1 aromatic carbocycles. The number of primary sulfonamides is 1. The van der Waals surface area contributed by atoms with Crippen LogP contribution in [0.5, 0.6) is 0 Å². The number of hydrogen-bond acceptors (Lipinski definition) is 3. The first-order chi connectivity index (χ1) is 9.88. The molecule has 3 N–H and O–H groups in total. The molecule has 0 aromatic heterocycles. The summed E-state index contributed by atoms with van der Waals surface area (Å²) in [5.41, 5.74) is 0.886. The predicted molar refractivity (Wildman–Crippen MR) is 81.5 cm³/mol. The number of nitrogens with two attached hydrogens (primary N) is 1. The number of aryl methyl sites for hydroxylation is 1. The molecule has 1 amide bonds. The van der Waals surface area contributed by atoms with Crippen LogP contribution in [0.1, 0.15) is 54.4 Å². The number of hydrogen-bond donors (Lipinski definition) is 2. The molecule has 116 valence electrons. The van der Waals surface area contributed by atoms with Gasteiger partial charge in [0.05, 0.1) is 4.90 Å². The van der Waals surface area contributed by atoms with Gasteiger partial charge >= 0.3 is 0 Å². The third-order valence-electron chi connectivity index (χ3n) is 3.95. The summed E-state index contributed by atoms with van der Waals surface area (Å²) in [6, 6.07) is 4.79. The van der Waals surface area contributed by atoms with Crippen LogP contribution in [-0.2, 0) is 10.0 Å². The lowest BCUT2D eigenvalue weighted by molar-refractivity contribution is 0.0933. The van der Waals surface area contributed by atoms with Crippen LogP contribution in [0.4, 0.5) is 0 Å². The largest absolute Gasteiger partial charge is 0.349 e. The lowest BCUT2D eigenvalue weighted by Crippen LogP contribution is -2.34. The fourth-order valence-electron chi connectivity index (χ4n) is 2.74. The zero-order valence-corrected chi connectivity index (χ0v) is 13.1. The number of amides is 1. The Bertz CT molecular complexity index is 618. The van der Waals surface area contributed by atoms with Gasteiger partial charge in [-0.25, -0.2) is 13.6 Å². The molecule has 5 nitrogen and oxygen atoms in total. The molecule has 0 saturated heterocycles. The predicted octanol–water partition coefficient (Wildman–Crippen LogP) is 2.10. The highest BCUT2D eigenvalue weighted by Gasteiger charge is 2.18. The Morgan fingerprint density at radius 3 is 2.38 bits per heavy atom. The Balaban J connectivity index is 2.16. The number of carbonyl (C=O) groups is 1. The summed E-state index contributed by atoms with van der Waals surface area (Å²) >= 11 is 0. The zero-order chi connectivity index (χ0) is 15.5. The lowest BCUT2D eigenvalue weighted by Gasteiger charge is -2.16. The van der Waals surface area contributed by atoms with Crippen molar-refractivity contribution >= 4 is 15.9 Å². The van der Waals surface area contributed by atoms with Gasteiger partial charge in [-0.2, -0.15) is 0 Å². The standard InChI is InChI=1S/C15H22N2O3S/c1-11-8-9-12(10-14(11)21(16,19)20)15(18)17-13-6-4-2-3-5-7-13/h8-10,13H,2-7H2,1H3,(H,17,18)(H2,16,19,20). The first kappa shape index (κ1) is 16.0. The van der Waals surface area contributed by atoms with Crippen molar-refractivity contribution in [3.8, 4) is 0 Å². The quantitative estimate of drug-likeness (QED) is 0.838. The van der Waals surface area contributed by atoms with Gasteiger partial charge in [-0.1, -0.05) is 31.7 Å². The van der Waals surface area contributed by atoms with Gasteiger partial charge in [-0.05, 0) is 37.5 Å². The molecule has 0 aliphatic heterocycles. The molecular formula is C15H22N2O3S. The van der Waals surface area contributed by atoms with Crippen LogP contribution in [0, 0.1) is 6.92 Å². The molecule has 21 heavy (non-hydrogen) atoms. The molecule has 6 heteroatoms. The molecular weight excluding hydrogens is 288 g/mol. The Labute approximate surface area is 126 Å². The van der Waals surface area contributed by atoms with Crippen LogP contribution in [0.15, 0.2) is 23.1 Å². The van der Waals surface area contributed by atoms with Gasteiger partial charge in [0.15, 0.2) is 0 Å². The number of sulfonamides is 1. The highest BCUT2D eigenvalue weighted by molar-refractivity contribution is 7.89. The normalized spacial score (nSPS) is 17.2. The first-order valence-corrected chi connectivity index (χ1v) is 8.87. The van der Waals surface area contributed by atoms with Gasteiger partial charge in [0, 0.05) is 11.6 Å². The van der Waals surface area contributed by atoms with Crippen molar-refractivity contribution in [2.75, 3.05) is 0 Å². The van der Waals surface area contributed by atoms with E-state index in [9.17, 15) is 13.2 Å². The van der Waals surface area contributed by atoms with Gasteiger partial charge in [0.2, 0.25) is 10.0 Å². The average Bonchev–Trinajstić information content (AvgIpc) is 2.66. The van der Waals surface area contributed by atoms with Gasteiger partial charge in [-0.3, -0.25) is 4.79 Å². The Kier molecular flexibility index (Phi) is 5.00. The van der Waals surface area contributed by atoms with E-state index in [1.54, 1.807) is 19.1 Å². The van der Waals surface area contributed by atoms with E-state index in [1.165, 1.54) is 18.9 Å². The second-order valence-electron chi connectivity index (χ2n) is 5.69. The summed E-state index contributed by atoms with van der Waals surface area (Å²) in [5.74, 6) is -0.230. The van der Waals surface area contributed by atoms with Crippen LogP contribution < -0.4 is 10.5 Å².